The number of urea groups is 1. The number of hydrogen-bond acceptors (Lipinski definition) is 3. The Morgan fingerprint density at radius 3 is 2.42 bits per heavy atom. The van der Waals surface area contributed by atoms with Gasteiger partial charge in [0.1, 0.15) is 0 Å². The molecule has 5 rings (SSSR count). The zero-order chi connectivity index (χ0) is 18.1. The molecule has 1 aromatic heterocycles. The van der Waals surface area contributed by atoms with Gasteiger partial charge < -0.3 is 16.0 Å². The molecule has 5 nitrogen and oxygen atoms in total. The fourth-order valence-corrected chi connectivity index (χ4v) is 6.50. The van der Waals surface area contributed by atoms with Gasteiger partial charge in [0, 0.05) is 23.4 Å². The molecule has 1 heterocycles. The third kappa shape index (κ3) is 3.90. The van der Waals surface area contributed by atoms with Crippen LogP contribution in [-0.2, 0) is 4.79 Å². The molecule has 142 valence electrons. The molecule has 0 radical (unpaired) electrons. The maximum Gasteiger partial charge on any atom is 0.315 e. The molecule has 0 spiro atoms. The number of thiophene rings is 1. The first-order chi connectivity index (χ1) is 12.5. The lowest BCUT2D eigenvalue weighted by atomic mass is 9.53. The highest BCUT2D eigenvalue weighted by atomic mass is 32.1. The van der Waals surface area contributed by atoms with Crippen molar-refractivity contribution in [3.8, 4) is 0 Å². The van der Waals surface area contributed by atoms with Gasteiger partial charge in [-0.25, -0.2) is 4.79 Å². The van der Waals surface area contributed by atoms with Crippen molar-refractivity contribution < 1.29 is 9.59 Å². The number of amides is 3. The van der Waals surface area contributed by atoms with Crippen LogP contribution in [0.1, 0.15) is 62.8 Å². The Bertz CT molecular complexity index is 623. The summed E-state index contributed by atoms with van der Waals surface area (Å²) in [4.78, 5) is 25.6. The second-order valence-electron chi connectivity index (χ2n) is 8.63. The topological polar surface area (TPSA) is 70.2 Å². The van der Waals surface area contributed by atoms with Crippen LogP contribution in [0.2, 0.25) is 0 Å². The van der Waals surface area contributed by atoms with E-state index in [0.29, 0.717) is 13.0 Å². The molecule has 4 bridgehead atoms. The van der Waals surface area contributed by atoms with E-state index in [2.05, 4.69) is 16.0 Å². The molecule has 4 fully saturated rings. The first-order valence-corrected chi connectivity index (χ1v) is 10.8. The van der Waals surface area contributed by atoms with E-state index in [-0.39, 0.29) is 23.5 Å². The average molecular weight is 376 g/mol. The Labute approximate surface area is 159 Å². The van der Waals surface area contributed by atoms with Gasteiger partial charge in [0.25, 0.3) is 0 Å². The van der Waals surface area contributed by atoms with Crippen molar-refractivity contribution in [2.24, 2.45) is 17.8 Å². The monoisotopic (exact) mass is 375 g/mol. The summed E-state index contributed by atoms with van der Waals surface area (Å²) < 4.78 is 0. The van der Waals surface area contributed by atoms with Crippen molar-refractivity contribution in [1.29, 1.82) is 0 Å². The van der Waals surface area contributed by atoms with E-state index in [1.807, 2.05) is 24.4 Å². The van der Waals surface area contributed by atoms with Gasteiger partial charge in [-0.1, -0.05) is 6.07 Å². The Kier molecular flexibility index (Phi) is 4.95. The smallest absolute Gasteiger partial charge is 0.315 e. The molecule has 1 unspecified atom stereocenters. The number of rotatable bonds is 6. The van der Waals surface area contributed by atoms with E-state index in [0.717, 1.165) is 41.9 Å². The maximum atomic E-state index is 12.4. The summed E-state index contributed by atoms with van der Waals surface area (Å²) in [6.07, 6.45) is 7.84. The largest absolute Gasteiger partial charge is 0.349 e. The van der Waals surface area contributed by atoms with E-state index in [1.165, 1.54) is 19.3 Å². The Morgan fingerprint density at radius 2 is 1.85 bits per heavy atom. The Balaban J connectivity index is 1.19. The normalized spacial score (nSPS) is 32.9. The van der Waals surface area contributed by atoms with E-state index in [1.54, 1.807) is 11.3 Å². The van der Waals surface area contributed by atoms with Crippen LogP contribution < -0.4 is 16.0 Å². The molecular weight excluding hydrogens is 346 g/mol. The van der Waals surface area contributed by atoms with Gasteiger partial charge in [0.05, 0.1) is 6.04 Å². The molecule has 0 aromatic carbocycles. The molecule has 3 amide bonds. The van der Waals surface area contributed by atoms with Crippen molar-refractivity contribution >= 4 is 23.3 Å². The summed E-state index contributed by atoms with van der Waals surface area (Å²) in [6.45, 7) is 2.36. The minimum atomic E-state index is -0.106. The predicted octanol–water partition coefficient (Wildman–Crippen LogP) is 3.58. The highest BCUT2D eigenvalue weighted by Crippen LogP contribution is 2.55. The molecule has 0 saturated heterocycles. The van der Waals surface area contributed by atoms with Crippen LogP contribution in [0.25, 0.3) is 0 Å². The van der Waals surface area contributed by atoms with Crippen LogP contribution in [0.4, 0.5) is 4.79 Å². The van der Waals surface area contributed by atoms with E-state index >= 15 is 0 Å². The number of carbonyl (C=O) groups excluding carboxylic acids is 2. The molecule has 6 heteroatoms. The molecule has 4 aliphatic rings. The minimum absolute atomic E-state index is 0.0170. The van der Waals surface area contributed by atoms with Gasteiger partial charge in [-0.3, -0.25) is 4.79 Å². The summed E-state index contributed by atoms with van der Waals surface area (Å²) in [5, 5.41) is 11.2. The van der Waals surface area contributed by atoms with Crippen LogP contribution in [-0.4, -0.2) is 24.0 Å². The number of hydrogen-bond donors (Lipinski definition) is 3. The second kappa shape index (κ2) is 7.22. The van der Waals surface area contributed by atoms with Gasteiger partial charge >= 0.3 is 6.03 Å². The summed E-state index contributed by atoms with van der Waals surface area (Å²) in [7, 11) is 0. The van der Waals surface area contributed by atoms with Crippen molar-refractivity contribution in [2.45, 2.75) is 63.5 Å². The number of carbonyl (C=O) groups is 2. The van der Waals surface area contributed by atoms with Crippen LogP contribution in [0.5, 0.6) is 0 Å². The van der Waals surface area contributed by atoms with Crippen molar-refractivity contribution in [2.75, 3.05) is 6.54 Å². The third-order valence-corrected chi connectivity index (χ3v) is 7.46. The van der Waals surface area contributed by atoms with Gasteiger partial charge in [0.15, 0.2) is 0 Å². The van der Waals surface area contributed by atoms with Crippen LogP contribution in [0.3, 0.4) is 0 Å². The highest BCUT2D eigenvalue weighted by molar-refractivity contribution is 7.10. The van der Waals surface area contributed by atoms with Crippen LogP contribution in [0, 0.1) is 17.8 Å². The van der Waals surface area contributed by atoms with Gasteiger partial charge in [-0.15, -0.1) is 11.3 Å². The summed E-state index contributed by atoms with van der Waals surface area (Å²) in [5.74, 6) is 2.41. The van der Waals surface area contributed by atoms with Gasteiger partial charge in [-0.05, 0) is 74.6 Å². The molecule has 1 atom stereocenters. The molecule has 3 N–H and O–H groups in total. The highest BCUT2D eigenvalue weighted by Gasteiger charge is 2.51. The van der Waals surface area contributed by atoms with E-state index in [4.69, 9.17) is 0 Å². The Morgan fingerprint density at radius 1 is 1.19 bits per heavy atom. The molecule has 4 aliphatic carbocycles. The fourth-order valence-electron chi connectivity index (χ4n) is 5.76. The quantitative estimate of drug-likeness (QED) is 0.711. The SMILES string of the molecule is CC(NC(=O)CCNC(=O)NC12CC3CC(CC(C3)C1)C2)c1cccs1. The van der Waals surface area contributed by atoms with Crippen molar-refractivity contribution in [3.05, 3.63) is 22.4 Å². The van der Waals surface area contributed by atoms with Gasteiger partial charge in [0.2, 0.25) is 5.91 Å². The fraction of sp³-hybridized carbons (Fsp3) is 0.700. The lowest BCUT2D eigenvalue weighted by Crippen LogP contribution is -2.61. The number of nitrogens with one attached hydrogen (secondary N) is 3. The zero-order valence-electron chi connectivity index (χ0n) is 15.4. The first kappa shape index (κ1) is 17.8. The molecule has 26 heavy (non-hydrogen) atoms. The summed E-state index contributed by atoms with van der Waals surface area (Å²) in [6, 6.07) is 3.92. The second-order valence-corrected chi connectivity index (χ2v) is 9.61. The predicted molar refractivity (Wildman–Crippen MR) is 103 cm³/mol. The standard InChI is InChI=1S/C20H29N3O2S/c1-13(17-3-2-6-26-17)22-18(24)4-5-21-19(25)23-20-10-14-7-15(11-20)9-16(8-14)12-20/h2-3,6,13-16H,4-5,7-12H2,1H3,(H,22,24)(H2,21,23,25). The summed E-state index contributed by atoms with van der Waals surface area (Å²) >= 11 is 1.64. The average Bonchev–Trinajstić information content (AvgIpc) is 3.07. The first-order valence-electron chi connectivity index (χ1n) is 9.90. The van der Waals surface area contributed by atoms with Crippen LogP contribution >= 0.6 is 11.3 Å². The minimum Gasteiger partial charge on any atom is -0.349 e. The lowest BCUT2D eigenvalue weighted by molar-refractivity contribution is -0.121. The van der Waals surface area contributed by atoms with Gasteiger partial charge in [-0.2, -0.15) is 0 Å². The third-order valence-electron chi connectivity index (χ3n) is 6.40. The van der Waals surface area contributed by atoms with E-state index in [9.17, 15) is 9.59 Å². The van der Waals surface area contributed by atoms with Crippen LogP contribution in [0.15, 0.2) is 17.5 Å². The molecule has 0 aliphatic heterocycles. The van der Waals surface area contributed by atoms with Crippen molar-refractivity contribution in [3.63, 3.8) is 0 Å². The molecule has 4 saturated carbocycles. The zero-order valence-corrected chi connectivity index (χ0v) is 16.2. The maximum absolute atomic E-state index is 12.4. The molecule has 1 aromatic rings. The molecular formula is C20H29N3O2S. The van der Waals surface area contributed by atoms with E-state index < -0.39 is 0 Å². The summed E-state index contributed by atoms with van der Waals surface area (Å²) in [5.41, 5.74) is 0.0226. The Hall–Kier alpha value is -1.56. The lowest BCUT2D eigenvalue weighted by Gasteiger charge is -2.56. The van der Waals surface area contributed by atoms with Crippen molar-refractivity contribution in [1.82, 2.24) is 16.0 Å².